The predicted molar refractivity (Wildman–Crippen MR) is 146 cm³/mol. The van der Waals surface area contributed by atoms with E-state index in [1.807, 2.05) is 0 Å². The molecule has 0 radical (unpaired) electrons. The molecule has 35 heavy (non-hydrogen) atoms. The Bertz CT molecular complexity index is 582. The first-order valence-electron chi connectivity index (χ1n) is 14.2. The summed E-state index contributed by atoms with van der Waals surface area (Å²) in [6, 6.07) is 0.231. The van der Waals surface area contributed by atoms with Gasteiger partial charge in [0.1, 0.15) is 0 Å². The molecule has 0 saturated carbocycles. The molecule has 8 heteroatoms. The highest BCUT2D eigenvalue weighted by Gasteiger charge is 2.18. The lowest BCUT2D eigenvalue weighted by Crippen LogP contribution is -2.42. The van der Waals surface area contributed by atoms with E-state index in [9.17, 15) is 14.2 Å². The van der Waals surface area contributed by atoms with Crippen molar-refractivity contribution in [3.63, 3.8) is 0 Å². The summed E-state index contributed by atoms with van der Waals surface area (Å²) in [5, 5.41) is 6.21. The average Bonchev–Trinajstić information content (AvgIpc) is 2.75. The van der Waals surface area contributed by atoms with Crippen LogP contribution in [0.5, 0.6) is 0 Å². The fourth-order valence-corrected chi connectivity index (χ4v) is 5.35. The third-order valence-electron chi connectivity index (χ3n) is 6.54. The zero-order chi connectivity index (χ0) is 26.4. The van der Waals surface area contributed by atoms with Crippen molar-refractivity contribution in [2.45, 2.75) is 155 Å². The first-order chi connectivity index (χ1) is 16.6. The number of rotatable bonds is 24. The summed E-state index contributed by atoms with van der Waals surface area (Å²) in [7, 11) is -3.82. The lowest BCUT2D eigenvalue weighted by Gasteiger charge is -2.25. The van der Waals surface area contributed by atoms with Crippen LogP contribution in [0.25, 0.3) is 0 Å². The Labute approximate surface area is 215 Å². The van der Waals surface area contributed by atoms with E-state index in [1.165, 1.54) is 57.8 Å². The van der Waals surface area contributed by atoms with E-state index in [2.05, 4.69) is 17.6 Å². The second-order valence-electron chi connectivity index (χ2n) is 10.3. The van der Waals surface area contributed by atoms with Gasteiger partial charge in [-0.1, -0.05) is 103 Å². The van der Waals surface area contributed by atoms with Crippen LogP contribution in [0.1, 0.15) is 143 Å². The summed E-state index contributed by atoms with van der Waals surface area (Å²) in [6.07, 6.45) is 20.9. The highest BCUT2D eigenvalue weighted by molar-refractivity contribution is 7.51. The van der Waals surface area contributed by atoms with E-state index >= 15 is 0 Å². The van der Waals surface area contributed by atoms with E-state index in [1.54, 1.807) is 13.8 Å². The zero-order valence-electron chi connectivity index (χ0n) is 22.9. The molecule has 0 fully saturated rings. The topological polar surface area (TPSA) is 116 Å². The molecule has 0 aliphatic rings. The molecule has 2 unspecified atom stereocenters. The number of nitrogens with one attached hydrogen (secondary N) is 2. The minimum absolute atomic E-state index is 0.00284. The number of unbranched alkanes of at least 4 members (excludes halogenated alkanes) is 14. The zero-order valence-corrected chi connectivity index (χ0v) is 23.8. The SMILES string of the molecule is CCCCCCCCC(CC(CCCCCCCCCCCCP(=O)(O)O)NC(C)=O)NC(C)=O. The number of hydrogen-bond donors (Lipinski definition) is 4. The quantitative estimate of drug-likeness (QED) is 0.0848. The normalized spacial score (nSPS) is 13.4. The van der Waals surface area contributed by atoms with Crippen LogP contribution in [0.4, 0.5) is 0 Å². The van der Waals surface area contributed by atoms with Crippen molar-refractivity contribution in [2.75, 3.05) is 6.16 Å². The van der Waals surface area contributed by atoms with E-state index in [-0.39, 0.29) is 30.1 Å². The fraction of sp³-hybridized carbons (Fsp3) is 0.926. The maximum atomic E-state index is 11.7. The van der Waals surface area contributed by atoms with Gasteiger partial charge in [-0.05, 0) is 25.7 Å². The van der Waals surface area contributed by atoms with E-state index in [0.29, 0.717) is 6.42 Å². The fourth-order valence-electron chi connectivity index (χ4n) is 4.71. The van der Waals surface area contributed by atoms with Gasteiger partial charge >= 0.3 is 7.60 Å². The highest BCUT2D eigenvalue weighted by atomic mass is 31.2. The molecule has 0 rings (SSSR count). The van der Waals surface area contributed by atoms with Crippen molar-refractivity contribution >= 4 is 19.4 Å². The molecule has 0 aliphatic carbocycles. The number of hydrogen-bond acceptors (Lipinski definition) is 3. The van der Waals surface area contributed by atoms with Crippen molar-refractivity contribution in [3.8, 4) is 0 Å². The third kappa shape index (κ3) is 26.0. The molecule has 0 aromatic carbocycles. The van der Waals surface area contributed by atoms with Crippen LogP contribution in [0.15, 0.2) is 0 Å². The minimum atomic E-state index is -3.82. The first-order valence-corrected chi connectivity index (χ1v) is 16.0. The van der Waals surface area contributed by atoms with Crippen molar-refractivity contribution in [1.82, 2.24) is 10.6 Å². The summed E-state index contributed by atoms with van der Waals surface area (Å²) in [5.41, 5.74) is 0. The summed E-state index contributed by atoms with van der Waals surface area (Å²) in [6.45, 7) is 5.37. The Hall–Kier alpha value is -0.910. The van der Waals surface area contributed by atoms with E-state index in [4.69, 9.17) is 9.79 Å². The maximum Gasteiger partial charge on any atom is 0.325 e. The second-order valence-corrected chi connectivity index (χ2v) is 12.1. The van der Waals surface area contributed by atoms with Crippen LogP contribution < -0.4 is 10.6 Å². The molecule has 2 atom stereocenters. The van der Waals surface area contributed by atoms with Crippen LogP contribution >= 0.6 is 7.60 Å². The number of amides is 2. The van der Waals surface area contributed by atoms with Crippen molar-refractivity contribution in [1.29, 1.82) is 0 Å². The molecule has 0 spiro atoms. The standard InChI is InChI=1S/C27H55N2O5P/c1-4-5-6-7-14-17-20-26(28-24(2)30)23-27(29-25(3)31)21-18-15-12-10-8-9-11-13-16-19-22-35(32,33)34/h26-27H,4-23H2,1-3H3,(H,28,30)(H,29,31)(H2,32,33,34). The van der Waals surface area contributed by atoms with Gasteiger partial charge in [-0.25, -0.2) is 0 Å². The predicted octanol–water partition coefficient (Wildman–Crippen LogP) is 6.61. The Balaban J connectivity index is 4.08. The largest absolute Gasteiger partial charge is 0.354 e. The van der Waals surface area contributed by atoms with Crippen molar-refractivity contribution in [3.05, 3.63) is 0 Å². The summed E-state index contributed by atoms with van der Waals surface area (Å²) in [4.78, 5) is 41.1. The summed E-state index contributed by atoms with van der Waals surface area (Å²) < 4.78 is 10.8. The highest BCUT2D eigenvalue weighted by Crippen LogP contribution is 2.35. The van der Waals surface area contributed by atoms with Crippen molar-refractivity contribution in [2.24, 2.45) is 0 Å². The molecular weight excluding hydrogens is 463 g/mol. The molecule has 7 nitrogen and oxygen atoms in total. The molecular formula is C27H55N2O5P. The molecule has 208 valence electrons. The Morgan fingerprint density at radius 2 is 0.971 bits per heavy atom. The van der Waals surface area contributed by atoms with Gasteiger partial charge in [0.05, 0.1) is 0 Å². The van der Waals surface area contributed by atoms with Gasteiger partial charge in [-0.3, -0.25) is 14.2 Å². The molecule has 0 aromatic rings. The third-order valence-corrected chi connectivity index (χ3v) is 7.44. The number of carbonyl (C=O) groups is 2. The van der Waals surface area contributed by atoms with Gasteiger partial charge in [0.2, 0.25) is 11.8 Å². The van der Waals surface area contributed by atoms with Crippen LogP contribution in [-0.2, 0) is 14.2 Å². The van der Waals surface area contributed by atoms with Gasteiger partial charge in [0.15, 0.2) is 0 Å². The maximum absolute atomic E-state index is 11.7. The summed E-state index contributed by atoms with van der Waals surface area (Å²) >= 11 is 0. The molecule has 2 amide bonds. The van der Waals surface area contributed by atoms with Crippen molar-refractivity contribution < 1.29 is 23.9 Å². The van der Waals surface area contributed by atoms with Gasteiger partial charge in [-0.15, -0.1) is 0 Å². The Morgan fingerprint density at radius 1 is 0.629 bits per heavy atom. The first kappa shape index (κ1) is 34.1. The summed E-state index contributed by atoms with van der Waals surface area (Å²) in [5.74, 6) is 0.00119. The average molecular weight is 519 g/mol. The molecule has 0 heterocycles. The number of carbonyl (C=O) groups excluding carboxylic acids is 2. The van der Waals surface area contributed by atoms with Crippen LogP contribution in [0.3, 0.4) is 0 Å². The lowest BCUT2D eigenvalue weighted by atomic mass is 9.96. The Kier molecular flexibility index (Phi) is 21.7. The smallest absolute Gasteiger partial charge is 0.325 e. The molecule has 0 saturated heterocycles. The second kappa shape index (κ2) is 22.3. The van der Waals surface area contributed by atoms with Crippen LogP contribution in [0, 0.1) is 0 Å². The van der Waals surface area contributed by atoms with Crippen LogP contribution in [-0.4, -0.2) is 39.8 Å². The molecule has 4 N–H and O–H groups in total. The molecule has 0 aliphatic heterocycles. The van der Waals surface area contributed by atoms with Gasteiger partial charge in [-0.2, -0.15) is 0 Å². The van der Waals surface area contributed by atoms with Gasteiger partial charge in [0.25, 0.3) is 0 Å². The molecule has 0 bridgehead atoms. The van der Waals surface area contributed by atoms with Crippen LogP contribution in [0.2, 0.25) is 0 Å². The lowest BCUT2D eigenvalue weighted by molar-refractivity contribution is -0.119. The monoisotopic (exact) mass is 518 g/mol. The van der Waals surface area contributed by atoms with E-state index < -0.39 is 7.60 Å². The van der Waals surface area contributed by atoms with Gasteiger partial charge in [0, 0.05) is 32.1 Å². The minimum Gasteiger partial charge on any atom is -0.354 e. The molecule has 0 aromatic heterocycles. The van der Waals surface area contributed by atoms with Gasteiger partial charge < -0.3 is 20.4 Å². The van der Waals surface area contributed by atoms with E-state index in [0.717, 1.165) is 57.8 Å². The Morgan fingerprint density at radius 3 is 1.31 bits per heavy atom.